The van der Waals surface area contributed by atoms with E-state index in [9.17, 15) is 60.7 Å². The van der Waals surface area contributed by atoms with Gasteiger partial charge in [0, 0.05) is 5.41 Å². The monoisotopic (exact) mass is 826 g/mol. The maximum absolute atomic E-state index is 13.1. The highest BCUT2D eigenvalue weighted by atomic mass is 16.7. The molecule has 16 heteroatoms. The van der Waals surface area contributed by atoms with Crippen LogP contribution in [0.4, 0.5) is 0 Å². The molecule has 7 aliphatic rings. The SMILES string of the molecule is CC1(C)CC[C@]2(C(=O)O)CC[C@]3(C)C(=CC[C@@H]4[C@@]5(C)C[C@H](O)[C@H](O[C@@H]6O[C@H](C(=O)O)[C@@H](O[C@@H]7O[C@H](CO)[C@H](O)[C@H](O)[C@H]7O)[C@H](O)[C@H]6O)[C@@](C)(CO)[C@@H]5CC[C@]43C)[C@@H]2C1. The van der Waals surface area contributed by atoms with Gasteiger partial charge in [0.05, 0.1) is 30.8 Å². The summed E-state index contributed by atoms with van der Waals surface area (Å²) in [6.45, 7) is 11.9. The van der Waals surface area contributed by atoms with Crippen LogP contribution in [0, 0.1) is 50.2 Å². The largest absolute Gasteiger partial charge is 0.481 e. The number of carbonyl (C=O) groups is 2. The number of allylic oxidation sites excluding steroid dienone is 2. The molecule has 58 heavy (non-hydrogen) atoms. The van der Waals surface area contributed by atoms with Crippen molar-refractivity contribution in [3.8, 4) is 0 Å². The summed E-state index contributed by atoms with van der Waals surface area (Å²) in [6.07, 6.45) is -12.5. The van der Waals surface area contributed by atoms with E-state index in [1.54, 1.807) is 0 Å². The Bertz CT molecular complexity index is 1620. The first-order valence-corrected chi connectivity index (χ1v) is 21.0. The van der Waals surface area contributed by atoms with Crippen LogP contribution < -0.4 is 0 Å². The average molecular weight is 827 g/mol. The highest BCUT2D eigenvalue weighted by Crippen LogP contribution is 2.76. The van der Waals surface area contributed by atoms with Crippen molar-refractivity contribution in [3.05, 3.63) is 11.6 Å². The molecule has 16 nitrogen and oxygen atoms in total. The second-order valence-corrected chi connectivity index (χ2v) is 20.7. The third-order valence-corrected chi connectivity index (χ3v) is 17.3. The van der Waals surface area contributed by atoms with Crippen molar-refractivity contribution in [1.29, 1.82) is 0 Å². The first kappa shape index (κ1) is 44.3. The quantitative estimate of drug-likeness (QED) is 0.120. The van der Waals surface area contributed by atoms with Crippen molar-refractivity contribution < 1.29 is 79.6 Å². The van der Waals surface area contributed by atoms with Crippen molar-refractivity contribution in [2.75, 3.05) is 13.2 Å². The number of carboxylic acids is 2. The van der Waals surface area contributed by atoms with E-state index >= 15 is 0 Å². The summed E-state index contributed by atoms with van der Waals surface area (Å²) in [5.41, 5.74) is -1.70. The Balaban J connectivity index is 1.14. The molecule has 0 aromatic heterocycles. The van der Waals surface area contributed by atoms with Gasteiger partial charge >= 0.3 is 11.9 Å². The Hall–Kier alpha value is -1.80. The van der Waals surface area contributed by atoms with Gasteiger partial charge in [0.1, 0.15) is 42.7 Å². The van der Waals surface area contributed by atoms with E-state index < -0.39 is 115 Å². The molecular weight excluding hydrogens is 760 g/mol. The standard InChI is InChI=1S/C42H66O16/c1-37(2)11-13-42(36(53)54)14-12-40(5)19(20(42)15-37)7-8-24-38(3)16-21(45)32(39(4,18-44)23(38)9-10-41(24,40)6)58-35-29(50)27(48)30(31(57-35)33(51)52)56-34-28(49)26(47)25(46)22(17-43)55-34/h7,20-32,34-35,43-50H,8-18H2,1-6H3,(H,51,52)(H,53,54)/t20-,21-,22+,23+,24+,25-,26-,27+,28+,29+,30-,31-,32-,34-,35-,38-,39-,40+,41+,42-/m0/s1. The van der Waals surface area contributed by atoms with E-state index in [4.69, 9.17) is 18.9 Å². The van der Waals surface area contributed by atoms with Gasteiger partial charge in [-0.15, -0.1) is 0 Å². The first-order valence-electron chi connectivity index (χ1n) is 21.0. The number of hydrogen-bond acceptors (Lipinski definition) is 14. The predicted molar refractivity (Wildman–Crippen MR) is 201 cm³/mol. The highest BCUT2D eigenvalue weighted by Gasteiger charge is 2.71. The Morgan fingerprint density at radius 2 is 1.40 bits per heavy atom. The van der Waals surface area contributed by atoms with Crippen LogP contribution in [-0.2, 0) is 28.5 Å². The molecule has 4 saturated carbocycles. The Kier molecular flexibility index (Phi) is 11.4. The van der Waals surface area contributed by atoms with Gasteiger partial charge in [-0.2, -0.15) is 0 Å². The molecule has 20 atom stereocenters. The Labute approximate surface area is 339 Å². The normalized spacial score (nSPS) is 53.9. The van der Waals surface area contributed by atoms with Gasteiger partial charge in [-0.25, -0.2) is 4.79 Å². The third kappa shape index (κ3) is 6.37. The predicted octanol–water partition coefficient (Wildman–Crippen LogP) is 0.918. The van der Waals surface area contributed by atoms with Crippen LogP contribution in [0.1, 0.15) is 99.3 Å². The maximum atomic E-state index is 13.1. The van der Waals surface area contributed by atoms with Crippen molar-refractivity contribution in [2.45, 2.75) is 173 Å². The number of hydrogen-bond donors (Lipinski definition) is 10. The van der Waals surface area contributed by atoms with Crippen molar-refractivity contribution >= 4 is 11.9 Å². The van der Waals surface area contributed by atoms with E-state index in [1.165, 1.54) is 5.57 Å². The molecule has 2 saturated heterocycles. The van der Waals surface area contributed by atoms with Crippen LogP contribution in [0.15, 0.2) is 11.6 Å². The van der Waals surface area contributed by atoms with Crippen molar-refractivity contribution in [3.63, 3.8) is 0 Å². The third-order valence-electron chi connectivity index (χ3n) is 17.3. The second kappa shape index (κ2) is 14.9. The van der Waals surface area contributed by atoms with Gasteiger partial charge in [0.25, 0.3) is 0 Å². The first-order chi connectivity index (χ1) is 27.0. The minimum Gasteiger partial charge on any atom is -0.481 e. The van der Waals surface area contributed by atoms with Gasteiger partial charge in [0.2, 0.25) is 0 Å². The van der Waals surface area contributed by atoms with Crippen molar-refractivity contribution in [2.24, 2.45) is 50.2 Å². The molecule has 0 bridgehead atoms. The molecule has 330 valence electrons. The Morgan fingerprint density at radius 3 is 2.02 bits per heavy atom. The number of rotatable bonds is 8. The molecule has 0 spiro atoms. The van der Waals surface area contributed by atoms with E-state index in [0.717, 1.165) is 25.7 Å². The summed E-state index contributed by atoms with van der Waals surface area (Å²) in [5, 5.41) is 107. The van der Waals surface area contributed by atoms with E-state index in [0.29, 0.717) is 25.7 Å². The van der Waals surface area contributed by atoms with Gasteiger partial charge in [0.15, 0.2) is 18.7 Å². The highest BCUT2D eigenvalue weighted by molar-refractivity contribution is 5.76. The lowest BCUT2D eigenvalue weighted by Crippen LogP contribution is -2.70. The van der Waals surface area contributed by atoms with Crippen LogP contribution >= 0.6 is 0 Å². The number of aliphatic hydroxyl groups is 8. The fraction of sp³-hybridized carbons (Fsp3) is 0.905. The summed E-state index contributed by atoms with van der Waals surface area (Å²) < 4.78 is 22.9. The number of carboxylic acid groups (broad SMARTS) is 2. The van der Waals surface area contributed by atoms with E-state index in [-0.39, 0.29) is 40.4 Å². The lowest BCUT2D eigenvalue weighted by Gasteiger charge is -2.71. The molecule has 7 rings (SSSR count). The van der Waals surface area contributed by atoms with Crippen LogP contribution in [0.2, 0.25) is 0 Å². The Morgan fingerprint density at radius 1 is 0.759 bits per heavy atom. The lowest BCUT2D eigenvalue weighted by molar-refractivity contribution is -0.369. The summed E-state index contributed by atoms with van der Waals surface area (Å²) in [6, 6.07) is 0. The zero-order valence-corrected chi connectivity index (χ0v) is 34.4. The molecular formula is C42H66O16. The fourth-order valence-electron chi connectivity index (χ4n) is 13.8. The molecule has 6 fully saturated rings. The smallest absolute Gasteiger partial charge is 0.335 e. The van der Waals surface area contributed by atoms with E-state index in [2.05, 4.69) is 40.7 Å². The van der Waals surface area contributed by atoms with E-state index in [1.807, 2.05) is 6.92 Å². The summed E-state index contributed by atoms with van der Waals surface area (Å²) in [4.78, 5) is 25.6. The molecule has 0 amide bonds. The molecule has 0 radical (unpaired) electrons. The molecule has 2 aliphatic heterocycles. The number of aliphatic hydroxyl groups excluding tert-OH is 8. The van der Waals surface area contributed by atoms with Crippen molar-refractivity contribution in [1.82, 2.24) is 0 Å². The minimum atomic E-state index is -2.02. The van der Waals surface area contributed by atoms with Gasteiger partial charge in [-0.1, -0.05) is 53.2 Å². The zero-order chi connectivity index (χ0) is 42.7. The number of ether oxygens (including phenoxy) is 4. The minimum absolute atomic E-state index is 0.0178. The second-order valence-electron chi connectivity index (χ2n) is 20.7. The topological polar surface area (TPSA) is 273 Å². The molecule has 10 N–H and O–H groups in total. The molecule has 2 heterocycles. The molecule has 0 aromatic rings. The van der Waals surface area contributed by atoms with Gasteiger partial charge in [-0.3, -0.25) is 4.79 Å². The van der Waals surface area contributed by atoms with Crippen LogP contribution in [0.25, 0.3) is 0 Å². The molecule has 0 unspecified atom stereocenters. The molecule has 0 aromatic carbocycles. The van der Waals surface area contributed by atoms with Gasteiger partial charge in [-0.05, 0) is 97.2 Å². The lowest BCUT2D eigenvalue weighted by atomic mass is 9.33. The fourth-order valence-corrected chi connectivity index (χ4v) is 13.8. The van der Waals surface area contributed by atoms with Gasteiger partial charge < -0.3 is 70.0 Å². The average Bonchev–Trinajstić information content (AvgIpc) is 3.15. The zero-order valence-electron chi connectivity index (χ0n) is 34.4. The number of fused-ring (bicyclic) bond motifs is 7. The maximum Gasteiger partial charge on any atom is 0.335 e. The molecule has 5 aliphatic carbocycles. The summed E-state index contributed by atoms with van der Waals surface area (Å²) in [5.74, 6) is -2.57. The summed E-state index contributed by atoms with van der Waals surface area (Å²) in [7, 11) is 0. The van der Waals surface area contributed by atoms with Crippen LogP contribution in [0.5, 0.6) is 0 Å². The summed E-state index contributed by atoms with van der Waals surface area (Å²) >= 11 is 0. The van der Waals surface area contributed by atoms with Crippen LogP contribution in [-0.4, -0.2) is 150 Å². The van der Waals surface area contributed by atoms with Crippen LogP contribution in [0.3, 0.4) is 0 Å². The number of aliphatic carboxylic acids is 2.